The molecule has 1 aliphatic rings. The molecule has 6 atom stereocenters. The van der Waals surface area contributed by atoms with Crippen molar-refractivity contribution in [1.29, 1.82) is 0 Å². The topological polar surface area (TPSA) is 273 Å². The quantitative estimate of drug-likeness (QED) is 0.187. The number of hydrogen-bond donors (Lipinski definition) is 8. The number of aromatic nitrogens is 4. The van der Waals surface area contributed by atoms with E-state index in [1.54, 1.807) is 0 Å². The standard InChI is InChI=1S/C11H18N5O12P3/c12-10-7-11(14-2-13-10)16(3-15-7)5-1-6(9(18)8(5)17)26-4-29(19,20)27-31(24,25)28-30(21,22)23/h2-3,5-6,8-9,17-18,21-23H,1,4H2,(H3-,12,13,14,19,20,24,25)/p+1/t5-,6+,8+,9-/m1/s1. The van der Waals surface area contributed by atoms with Crippen LogP contribution in [0, 0.1) is 0 Å². The van der Waals surface area contributed by atoms with Crippen LogP contribution >= 0.6 is 23.6 Å². The molecule has 20 heteroatoms. The Morgan fingerprint density at radius 1 is 1.16 bits per heavy atom. The zero-order valence-electron chi connectivity index (χ0n) is 15.3. The summed E-state index contributed by atoms with van der Waals surface area (Å²) in [4.78, 5) is 56.6. The second kappa shape index (κ2) is 8.65. The highest BCUT2D eigenvalue weighted by atomic mass is 31.3. The summed E-state index contributed by atoms with van der Waals surface area (Å²) in [7, 11) is -15.9. The number of hydrogen-bond acceptors (Lipinski definition) is 14. The van der Waals surface area contributed by atoms with Crippen molar-refractivity contribution in [2.45, 2.75) is 30.8 Å². The van der Waals surface area contributed by atoms with Crippen LogP contribution < -0.4 is 5.73 Å². The van der Waals surface area contributed by atoms with Crippen molar-refractivity contribution >= 4 is 40.6 Å². The number of aliphatic hydroxyl groups is 2. The van der Waals surface area contributed by atoms with Crippen LogP contribution in [-0.2, 0) is 22.5 Å². The number of nitrogens with two attached hydrogens (primary N) is 1. The molecule has 0 spiro atoms. The number of aliphatic hydroxyl groups excluding tert-OH is 2. The van der Waals surface area contributed by atoms with Crippen molar-refractivity contribution in [2.24, 2.45) is 0 Å². The van der Waals surface area contributed by atoms with E-state index in [0.717, 1.165) is 0 Å². The monoisotopic (exact) mass is 506 g/mol. The van der Waals surface area contributed by atoms with Gasteiger partial charge in [0.05, 0.1) is 18.5 Å². The largest absolute Gasteiger partial charge is 0.578 e. The van der Waals surface area contributed by atoms with Gasteiger partial charge in [-0.25, -0.2) is 23.8 Å². The number of rotatable bonds is 8. The second-order valence-electron chi connectivity index (χ2n) is 6.48. The third-order valence-electron chi connectivity index (χ3n) is 4.24. The van der Waals surface area contributed by atoms with Crippen molar-refractivity contribution in [3.63, 3.8) is 0 Å². The van der Waals surface area contributed by atoms with Crippen molar-refractivity contribution in [2.75, 3.05) is 12.1 Å². The van der Waals surface area contributed by atoms with E-state index in [4.69, 9.17) is 25.2 Å². The lowest BCUT2D eigenvalue weighted by Crippen LogP contribution is -2.33. The molecule has 174 valence electrons. The minimum Gasteiger partial charge on any atom is -0.388 e. The van der Waals surface area contributed by atoms with Gasteiger partial charge < -0.3 is 30.1 Å². The lowest BCUT2D eigenvalue weighted by Gasteiger charge is -2.19. The molecule has 3 rings (SSSR count). The molecule has 1 aliphatic carbocycles. The first kappa shape index (κ1) is 24.5. The molecule has 2 aromatic rings. The maximum Gasteiger partial charge on any atom is 0.578 e. The molecule has 0 radical (unpaired) electrons. The van der Waals surface area contributed by atoms with E-state index in [2.05, 4.69) is 23.6 Å². The summed E-state index contributed by atoms with van der Waals surface area (Å²) in [5, 5.41) is 20.6. The van der Waals surface area contributed by atoms with Gasteiger partial charge >= 0.3 is 23.6 Å². The van der Waals surface area contributed by atoms with Gasteiger partial charge in [0.15, 0.2) is 11.5 Å². The molecule has 0 amide bonds. The minimum atomic E-state index is -5.55. The van der Waals surface area contributed by atoms with E-state index in [1.807, 2.05) is 0 Å². The molecule has 0 aromatic carbocycles. The molecule has 0 saturated heterocycles. The first-order chi connectivity index (χ1) is 14.2. The highest BCUT2D eigenvalue weighted by Gasteiger charge is 2.50. The van der Waals surface area contributed by atoms with Crippen LogP contribution in [0.25, 0.3) is 11.2 Å². The van der Waals surface area contributed by atoms with Gasteiger partial charge in [0.2, 0.25) is 0 Å². The molecule has 2 unspecified atom stereocenters. The summed E-state index contributed by atoms with van der Waals surface area (Å²) in [5.74, 6) is 0.0960. The van der Waals surface area contributed by atoms with E-state index in [0.29, 0.717) is 0 Å². The van der Waals surface area contributed by atoms with Crippen LogP contribution in [0.5, 0.6) is 0 Å². The summed E-state index contributed by atoms with van der Waals surface area (Å²) < 4.78 is 37.4. The molecule has 1 fully saturated rings. The number of nitrogen functional groups attached to an aromatic ring is 1. The summed E-state index contributed by atoms with van der Waals surface area (Å²) in [6, 6.07) is -0.825. The van der Waals surface area contributed by atoms with E-state index < -0.39 is 54.3 Å². The summed E-state index contributed by atoms with van der Waals surface area (Å²) >= 11 is 0. The average Bonchev–Trinajstić information content (AvgIpc) is 3.13. The van der Waals surface area contributed by atoms with Crippen molar-refractivity contribution in [1.82, 2.24) is 19.5 Å². The maximum absolute atomic E-state index is 12.0. The zero-order chi connectivity index (χ0) is 23.2. The van der Waals surface area contributed by atoms with Gasteiger partial charge in [0.1, 0.15) is 30.4 Å². The van der Waals surface area contributed by atoms with Crippen LogP contribution in [0.15, 0.2) is 12.7 Å². The number of nitrogens with zero attached hydrogens (tertiary/aromatic N) is 4. The molecular weight excluding hydrogens is 487 g/mol. The summed E-state index contributed by atoms with van der Waals surface area (Å²) in [5.41, 5.74) is 6.23. The van der Waals surface area contributed by atoms with E-state index in [9.17, 15) is 29.1 Å². The van der Waals surface area contributed by atoms with Gasteiger partial charge in [-0.1, -0.05) is 0 Å². The fourth-order valence-electron chi connectivity index (χ4n) is 3.05. The molecule has 0 aliphatic heterocycles. The molecule has 1 saturated carbocycles. The van der Waals surface area contributed by atoms with Crippen molar-refractivity contribution in [3.05, 3.63) is 12.7 Å². The normalized spacial score (nSPS) is 28.5. The van der Waals surface area contributed by atoms with E-state index in [1.165, 1.54) is 17.2 Å². The predicted molar refractivity (Wildman–Crippen MR) is 101 cm³/mol. The molecule has 2 heterocycles. The molecule has 0 bridgehead atoms. The average molecular weight is 506 g/mol. The van der Waals surface area contributed by atoms with Crippen LogP contribution in [0.1, 0.15) is 12.5 Å². The van der Waals surface area contributed by atoms with Gasteiger partial charge in [-0.05, 0) is 10.7 Å². The van der Waals surface area contributed by atoms with Crippen molar-refractivity contribution < 1.29 is 57.2 Å². The molecular formula is C11H19N5O12P3+. The number of imidazole rings is 1. The Kier molecular flexibility index (Phi) is 6.83. The van der Waals surface area contributed by atoms with Crippen LogP contribution in [0.3, 0.4) is 0 Å². The molecule has 31 heavy (non-hydrogen) atoms. The first-order valence-electron chi connectivity index (χ1n) is 8.24. The van der Waals surface area contributed by atoms with Gasteiger partial charge in [-0.15, -0.1) is 0 Å². The first-order valence-corrected chi connectivity index (χ1v) is 13.1. The lowest BCUT2D eigenvalue weighted by atomic mass is 10.2. The Hall–Kier alpha value is -1.16. The third kappa shape index (κ3) is 5.80. The Labute approximate surface area is 173 Å². The number of ether oxygens (including phenoxy) is 1. The zero-order valence-corrected chi connectivity index (χ0v) is 17.9. The van der Waals surface area contributed by atoms with E-state index >= 15 is 0 Å². The highest BCUT2D eigenvalue weighted by Crippen LogP contribution is 2.68. The van der Waals surface area contributed by atoms with Crippen molar-refractivity contribution in [3.8, 4) is 0 Å². The molecule has 9 N–H and O–H groups in total. The molecule has 2 aromatic heterocycles. The van der Waals surface area contributed by atoms with Gasteiger partial charge in [-0.2, -0.15) is 14.7 Å². The Bertz CT molecular complexity index is 1040. The minimum absolute atomic E-state index is 0.0937. The molecule has 17 nitrogen and oxygen atoms in total. The summed E-state index contributed by atoms with van der Waals surface area (Å²) in [6.45, 7) is 0. The Morgan fingerprint density at radius 3 is 2.48 bits per heavy atom. The number of phosphoric acid groups is 1. The smallest absolute Gasteiger partial charge is 0.388 e. The van der Waals surface area contributed by atoms with Gasteiger partial charge in [-0.3, -0.25) is 9.46 Å². The second-order valence-corrected chi connectivity index (χ2v) is 11.3. The van der Waals surface area contributed by atoms with Crippen LogP contribution in [0.4, 0.5) is 5.82 Å². The maximum atomic E-state index is 12.0. The van der Waals surface area contributed by atoms with Gasteiger partial charge in [0.25, 0.3) is 0 Å². The number of anilines is 1. The van der Waals surface area contributed by atoms with Crippen LogP contribution in [0.2, 0.25) is 0 Å². The summed E-state index contributed by atoms with van der Waals surface area (Å²) in [6.07, 6.45) is -3.01. The van der Waals surface area contributed by atoms with Gasteiger partial charge in [0, 0.05) is 0 Å². The third-order valence-corrected chi connectivity index (χ3v) is 8.26. The lowest BCUT2D eigenvalue weighted by molar-refractivity contribution is -0.0477. The SMILES string of the molecule is Nc1ncnc2c1ncn2[C@@H]1C[C@H](OCP(=O)(O)OP(=O)(O)O[P+](O)(O)O)[C@@H](O)[C@H]1O. The van der Waals surface area contributed by atoms with Crippen LogP contribution in [-0.4, -0.2) is 78.9 Å². The predicted octanol–water partition coefficient (Wildman–Crippen LogP) is -1.61. The fourth-order valence-corrected chi connectivity index (χ4v) is 6.40. The fraction of sp³-hybridized carbons (Fsp3) is 0.545. The highest BCUT2D eigenvalue weighted by molar-refractivity contribution is 7.69. The Balaban J connectivity index is 1.68. The Morgan fingerprint density at radius 2 is 1.84 bits per heavy atom. The van der Waals surface area contributed by atoms with E-state index in [-0.39, 0.29) is 23.4 Å². The number of fused-ring (bicyclic) bond motifs is 1.